The summed E-state index contributed by atoms with van der Waals surface area (Å²) in [6.45, 7) is 3.08. The van der Waals surface area contributed by atoms with Crippen LogP contribution in [0.2, 0.25) is 5.02 Å². The van der Waals surface area contributed by atoms with Gasteiger partial charge in [-0.15, -0.1) is 0 Å². The number of rotatable bonds is 3. The quantitative estimate of drug-likeness (QED) is 0.754. The van der Waals surface area contributed by atoms with E-state index in [2.05, 4.69) is 5.10 Å². The lowest BCUT2D eigenvalue weighted by atomic mass is 10.1. The zero-order valence-electron chi connectivity index (χ0n) is 15.3. The molecule has 4 rings (SSSR count). The van der Waals surface area contributed by atoms with Crippen LogP contribution in [0.5, 0.6) is 0 Å². The molecular formula is C18H20ClFN4O3S. The van der Waals surface area contributed by atoms with Gasteiger partial charge in [0, 0.05) is 12.6 Å². The molecule has 0 saturated carbocycles. The molecule has 3 heterocycles. The first-order valence-corrected chi connectivity index (χ1v) is 11.0. The zero-order chi connectivity index (χ0) is 20.1. The molecular weight excluding hydrogens is 407 g/mol. The number of carbonyl (C=O) groups is 1. The van der Waals surface area contributed by atoms with Crippen LogP contribution in [-0.4, -0.2) is 47.3 Å². The summed E-state index contributed by atoms with van der Waals surface area (Å²) in [7, 11) is -3.33. The number of amides is 1. The summed E-state index contributed by atoms with van der Waals surface area (Å²) in [5.74, 6) is -0.589. The fourth-order valence-electron chi connectivity index (χ4n) is 3.77. The Kier molecular flexibility index (Phi) is 4.83. The summed E-state index contributed by atoms with van der Waals surface area (Å²) in [4.78, 5) is 14.6. The van der Waals surface area contributed by atoms with Gasteiger partial charge < -0.3 is 4.90 Å². The molecule has 1 aromatic carbocycles. The second-order valence-corrected chi connectivity index (χ2v) is 9.62. The molecule has 2 aliphatic rings. The number of benzene rings is 1. The summed E-state index contributed by atoms with van der Waals surface area (Å²) in [5.41, 5.74) is 1.79. The lowest BCUT2D eigenvalue weighted by molar-refractivity contribution is -0.134. The molecule has 1 atom stereocenters. The molecule has 2 aliphatic heterocycles. The molecule has 0 spiro atoms. The Morgan fingerprint density at radius 1 is 1.39 bits per heavy atom. The standard InChI is InChI=1S/C18H20ClFN4O3S/c1-12-10-23-17(16(9-21-23)24-5-2-6-28(24,26)27)11-22(12)18(25)8-13-3-4-14(19)15(20)7-13/h3-4,7,9,12H,2,5-6,8,10-11H2,1H3/t12-/m0/s1. The van der Waals surface area contributed by atoms with Crippen molar-refractivity contribution in [2.45, 2.75) is 38.9 Å². The highest BCUT2D eigenvalue weighted by molar-refractivity contribution is 7.93. The monoisotopic (exact) mass is 426 g/mol. The Hall–Kier alpha value is -2.13. The summed E-state index contributed by atoms with van der Waals surface area (Å²) < 4.78 is 41.4. The molecule has 7 nitrogen and oxygen atoms in total. The first-order chi connectivity index (χ1) is 13.3. The van der Waals surface area contributed by atoms with Crippen molar-refractivity contribution in [2.75, 3.05) is 16.6 Å². The average Bonchev–Trinajstić information content (AvgIpc) is 3.18. The van der Waals surface area contributed by atoms with Gasteiger partial charge in [-0.1, -0.05) is 17.7 Å². The van der Waals surface area contributed by atoms with Gasteiger partial charge in [-0.25, -0.2) is 12.8 Å². The summed E-state index contributed by atoms with van der Waals surface area (Å²) in [5, 5.41) is 4.34. The van der Waals surface area contributed by atoms with Crippen LogP contribution in [0.4, 0.5) is 10.1 Å². The van der Waals surface area contributed by atoms with Gasteiger partial charge in [0.05, 0.1) is 47.9 Å². The van der Waals surface area contributed by atoms with E-state index in [0.717, 1.165) is 0 Å². The van der Waals surface area contributed by atoms with Crippen LogP contribution in [0.1, 0.15) is 24.6 Å². The highest BCUT2D eigenvalue weighted by Crippen LogP contribution is 2.31. The van der Waals surface area contributed by atoms with Crippen molar-refractivity contribution < 1.29 is 17.6 Å². The van der Waals surface area contributed by atoms with Crippen molar-refractivity contribution in [1.82, 2.24) is 14.7 Å². The molecule has 1 fully saturated rings. The van der Waals surface area contributed by atoms with Crippen LogP contribution in [0.25, 0.3) is 0 Å². The largest absolute Gasteiger partial charge is 0.332 e. The molecule has 0 N–H and O–H groups in total. The van der Waals surface area contributed by atoms with Gasteiger partial charge in [-0.3, -0.25) is 13.8 Å². The number of hydrogen-bond acceptors (Lipinski definition) is 4. The molecule has 0 radical (unpaired) electrons. The van der Waals surface area contributed by atoms with Crippen LogP contribution in [-0.2, 0) is 34.3 Å². The van der Waals surface area contributed by atoms with Crippen molar-refractivity contribution in [2.24, 2.45) is 0 Å². The van der Waals surface area contributed by atoms with Gasteiger partial charge in [0.25, 0.3) is 0 Å². The molecule has 2 aromatic rings. The van der Waals surface area contributed by atoms with Gasteiger partial charge in [0.1, 0.15) is 5.82 Å². The van der Waals surface area contributed by atoms with Gasteiger partial charge in [-0.05, 0) is 31.0 Å². The van der Waals surface area contributed by atoms with E-state index in [9.17, 15) is 17.6 Å². The Morgan fingerprint density at radius 2 is 2.18 bits per heavy atom. The third-order valence-corrected chi connectivity index (χ3v) is 7.41. The van der Waals surface area contributed by atoms with Gasteiger partial charge in [-0.2, -0.15) is 5.10 Å². The van der Waals surface area contributed by atoms with Crippen LogP contribution < -0.4 is 4.31 Å². The van der Waals surface area contributed by atoms with Crippen molar-refractivity contribution in [1.29, 1.82) is 0 Å². The second-order valence-electron chi connectivity index (χ2n) is 7.20. The van der Waals surface area contributed by atoms with E-state index >= 15 is 0 Å². The summed E-state index contributed by atoms with van der Waals surface area (Å²) >= 11 is 5.70. The van der Waals surface area contributed by atoms with Crippen molar-refractivity contribution in [3.05, 3.63) is 46.5 Å². The minimum Gasteiger partial charge on any atom is -0.332 e. The summed E-state index contributed by atoms with van der Waals surface area (Å²) in [6.07, 6.45) is 2.19. The number of nitrogens with zero attached hydrogens (tertiary/aromatic N) is 4. The maximum absolute atomic E-state index is 13.7. The number of aromatic nitrogens is 2. The van der Waals surface area contributed by atoms with E-state index in [1.54, 1.807) is 21.8 Å². The number of hydrogen-bond donors (Lipinski definition) is 0. The molecule has 1 aromatic heterocycles. The molecule has 1 saturated heterocycles. The minimum atomic E-state index is -3.33. The van der Waals surface area contributed by atoms with Crippen LogP contribution in [0.3, 0.4) is 0 Å². The topological polar surface area (TPSA) is 75.5 Å². The van der Waals surface area contributed by atoms with Crippen LogP contribution >= 0.6 is 11.6 Å². The van der Waals surface area contributed by atoms with E-state index in [-0.39, 0.29) is 35.7 Å². The predicted octanol–water partition coefficient (Wildman–Crippen LogP) is 2.19. The maximum Gasteiger partial charge on any atom is 0.235 e. The lowest BCUT2D eigenvalue weighted by Crippen LogP contribution is -2.46. The first kappa shape index (κ1) is 19.2. The van der Waals surface area contributed by atoms with E-state index < -0.39 is 15.8 Å². The van der Waals surface area contributed by atoms with Gasteiger partial charge in [0.2, 0.25) is 15.9 Å². The average molecular weight is 427 g/mol. The maximum atomic E-state index is 13.7. The minimum absolute atomic E-state index is 0.0166. The van der Waals surface area contributed by atoms with Crippen LogP contribution in [0.15, 0.2) is 24.4 Å². The fraction of sp³-hybridized carbons (Fsp3) is 0.444. The van der Waals surface area contributed by atoms with E-state index in [0.29, 0.717) is 36.5 Å². The van der Waals surface area contributed by atoms with E-state index in [1.807, 2.05) is 6.92 Å². The Labute approximate surface area is 167 Å². The lowest BCUT2D eigenvalue weighted by Gasteiger charge is -2.35. The predicted molar refractivity (Wildman–Crippen MR) is 103 cm³/mol. The van der Waals surface area contributed by atoms with E-state index in [4.69, 9.17) is 11.6 Å². The SMILES string of the molecule is C[C@H]1Cn2ncc(N3CCCS3(=O)=O)c2CN1C(=O)Cc1ccc(Cl)c(F)c1. The molecule has 1 amide bonds. The number of halogens is 2. The third-order valence-electron chi connectivity index (χ3n) is 5.24. The Balaban J connectivity index is 1.58. The van der Waals surface area contributed by atoms with Crippen molar-refractivity contribution in [3.8, 4) is 0 Å². The molecule has 150 valence electrons. The highest BCUT2D eigenvalue weighted by Gasteiger charge is 2.35. The number of sulfonamides is 1. The Bertz CT molecular complexity index is 1040. The van der Waals surface area contributed by atoms with Crippen LogP contribution in [0, 0.1) is 5.82 Å². The Morgan fingerprint density at radius 3 is 2.86 bits per heavy atom. The molecule has 0 aliphatic carbocycles. The van der Waals surface area contributed by atoms with Crippen molar-refractivity contribution >= 4 is 33.2 Å². The summed E-state index contributed by atoms with van der Waals surface area (Å²) in [6, 6.07) is 4.22. The number of carbonyl (C=O) groups excluding carboxylic acids is 1. The molecule has 10 heteroatoms. The van der Waals surface area contributed by atoms with Gasteiger partial charge >= 0.3 is 0 Å². The number of fused-ring (bicyclic) bond motifs is 1. The van der Waals surface area contributed by atoms with Gasteiger partial charge in [0.15, 0.2) is 0 Å². The first-order valence-electron chi connectivity index (χ1n) is 9.05. The highest BCUT2D eigenvalue weighted by atomic mass is 35.5. The number of anilines is 1. The molecule has 0 bridgehead atoms. The normalized spacial score (nSPS) is 21.0. The van der Waals surface area contributed by atoms with E-state index in [1.165, 1.54) is 16.4 Å². The zero-order valence-corrected chi connectivity index (χ0v) is 16.9. The smallest absolute Gasteiger partial charge is 0.235 e. The third kappa shape index (κ3) is 3.37. The fourth-order valence-corrected chi connectivity index (χ4v) is 5.46. The molecule has 28 heavy (non-hydrogen) atoms. The molecule has 0 unspecified atom stereocenters. The second kappa shape index (κ2) is 7.04. The van der Waals surface area contributed by atoms with Crippen molar-refractivity contribution in [3.63, 3.8) is 0 Å².